The quantitative estimate of drug-likeness (QED) is 0.848. The standard InChI is InChI=1S/C13H13ClN2O/c1-9-8-11(13(17)15-7-6-14)10-4-2-3-5-12(10)16-9/h2-5,8H,6-7H2,1H3,(H,15,17). The lowest BCUT2D eigenvalue weighted by molar-refractivity contribution is 0.0957. The lowest BCUT2D eigenvalue weighted by Gasteiger charge is -2.07. The van der Waals surface area contributed by atoms with Crippen LogP contribution in [0.25, 0.3) is 10.9 Å². The first-order valence-corrected chi connectivity index (χ1v) is 5.96. The Hall–Kier alpha value is -1.61. The Kier molecular flexibility index (Phi) is 3.59. The van der Waals surface area contributed by atoms with E-state index in [0.29, 0.717) is 18.0 Å². The van der Waals surface area contributed by atoms with Gasteiger partial charge in [-0.2, -0.15) is 0 Å². The van der Waals surface area contributed by atoms with E-state index in [-0.39, 0.29) is 5.91 Å². The zero-order valence-electron chi connectivity index (χ0n) is 9.53. The van der Waals surface area contributed by atoms with Gasteiger partial charge in [0.05, 0.1) is 11.1 Å². The number of carbonyl (C=O) groups is 1. The van der Waals surface area contributed by atoms with E-state index in [0.717, 1.165) is 16.6 Å². The van der Waals surface area contributed by atoms with E-state index in [1.165, 1.54) is 0 Å². The van der Waals surface area contributed by atoms with Crippen molar-refractivity contribution in [3.63, 3.8) is 0 Å². The van der Waals surface area contributed by atoms with Crippen LogP contribution >= 0.6 is 11.6 Å². The van der Waals surface area contributed by atoms with E-state index in [1.807, 2.05) is 31.2 Å². The van der Waals surface area contributed by atoms with Crippen molar-refractivity contribution in [1.29, 1.82) is 0 Å². The van der Waals surface area contributed by atoms with Gasteiger partial charge in [-0.25, -0.2) is 0 Å². The lowest BCUT2D eigenvalue weighted by atomic mass is 10.1. The Balaban J connectivity index is 2.48. The summed E-state index contributed by atoms with van der Waals surface area (Å²) in [5, 5.41) is 3.64. The molecule has 0 fully saturated rings. The van der Waals surface area contributed by atoms with Gasteiger partial charge in [-0.3, -0.25) is 9.78 Å². The van der Waals surface area contributed by atoms with Crippen LogP contribution in [0.2, 0.25) is 0 Å². The molecule has 1 aromatic heterocycles. The smallest absolute Gasteiger partial charge is 0.252 e. The molecule has 0 aliphatic carbocycles. The van der Waals surface area contributed by atoms with Crippen LogP contribution in [0.1, 0.15) is 16.1 Å². The highest BCUT2D eigenvalue weighted by Gasteiger charge is 2.10. The summed E-state index contributed by atoms with van der Waals surface area (Å²) in [4.78, 5) is 16.4. The van der Waals surface area contributed by atoms with E-state index in [2.05, 4.69) is 10.3 Å². The Morgan fingerprint density at radius 1 is 1.41 bits per heavy atom. The minimum absolute atomic E-state index is 0.104. The topological polar surface area (TPSA) is 42.0 Å². The number of fused-ring (bicyclic) bond motifs is 1. The first-order valence-electron chi connectivity index (χ1n) is 5.43. The summed E-state index contributed by atoms with van der Waals surface area (Å²) in [5.74, 6) is 0.306. The third kappa shape index (κ3) is 2.56. The molecule has 1 N–H and O–H groups in total. The highest BCUT2D eigenvalue weighted by Crippen LogP contribution is 2.17. The summed E-state index contributed by atoms with van der Waals surface area (Å²) in [6, 6.07) is 9.41. The van der Waals surface area contributed by atoms with E-state index >= 15 is 0 Å². The second-order valence-corrected chi connectivity index (χ2v) is 4.15. The molecule has 0 unspecified atom stereocenters. The van der Waals surface area contributed by atoms with Crippen molar-refractivity contribution in [3.8, 4) is 0 Å². The van der Waals surface area contributed by atoms with Gasteiger partial charge in [0, 0.05) is 23.5 Å². The number of benzene rings is 1. The predicted molar refractivity (Wildman–Crippen MR) is 69.5 cm³/mol. The van der Waals surface area contributed by atoms with Crippen molar-refractivity contribution < 1.29 is 4.79 Å². The Morgan fingerprint density at radius 2 is 2.18 bits per heavy atom. The molecule has 2 aromatic rings. The predicted octanol–water partition coefficient (Wildman–Crippen LogP) is 2.51. The van der Waals surface area contributed by atoms with E-state index < -0.39 is 0 Å². The maximum Gasteiger partial charge on any atom is 0.252 e. The van der Waals surface area contributed by atoms with Crippen LogP contribution in [-0.2, 0) is 0 Å². The van der Waals surface area contributed by atoms with Gasteiger partial charge in [-0.1, -0.05) is 18.2 Å². The summed E-state index contributed by atoms with van der Waals surface area (Å²) >= 11 is 5.56. The van der Waals surface area contributed by atoms with Crippen molar-refractivity contribution in [2.45, 2.75) is 6.92 Å². The first kappa shape index (κ1) is 11.9. The SMILES string of the molecule is Cc1cc(C(=O)NCCCl)c2ccccc2n1. The second-order valence-electron chi connectivity index (χ2n) is 3.77. The molecule has 88 valence electrons. The number of hydrogen-bond acceptors (Lipinski definition) is 2. The molecule has 1 amide bonds. The van der Waals surface area contributed by atoms with Gasteiger partial charge in [-0.15, -0.1) is 11.6 Å². The summed E-state index contributed by atoms with van der Waals surface area (Å²) in [7, 11) is 0. The van der Waals surface area contributed by atoms with E-state index in [1.54, 1.807) is 6.07 Å². The highest BCUT2D eigenvalue weighted by molar-refractivity contribution is 6.18. The molecule has 0 radical (unpaired) electrons. The molecular weight excluding hydrogens is 236 g/mol. The van der Waals surface area contributed by atoms with Gasteiger partial charge < -0.3 is 5.32 Å². The fourth-order valence-electron chi connectivity index (χ4n) is 1.75. The van der Waals surface area contributed by atoms with Gasteiger partial charge >= 0.3 is 0 Å². The first-order chi connectivity index (χ1) is 8.22. The second kappa shape index (κ2) is 5.15. The molecule has 0 saturated carbocycles. The maximum atomic E-state index is 12.0. The number of para-hydroxylation sites is 1. The number of amides is 1. The monoisotopic (exact) mass is 248 g/mol. The fraction of sp³-hybridized carbons (Fsp3) is 0.231. The van der Waals surface area contributed by atoms with Gasteiger partial charge in [0.15, 0.2) is 0 Å². The van der Waals surface area contributed by atoms with Crippen molar-refractivity contribution in [2.75, 3.05) is 12.4 Å². The molecule has 4 heteroatoms. The summed E-state index contributed by atoms with van der Waals surface area (Å²) < 4.78 is 0. The minimum Gasteiger partial charge on any atom is -0.351 e. The zero-order valence-corrected chi connectivity index (χ0v) is 10.3. The van der Waals surface area contributed by atoms with Crippen LogP contribution in [0.3, 0.4) is 0 Å². The molecule has 0 bridgehead atoms. The maximum absolute atomic E-state index is 12.0. The van der Waals surface area contributed by atoms with Gasteiger partial charge in [0.25, 0.3) is 5.91 Å². The number of nitrogens with one attached hydrogen (secondary N) is 1. The molecule has 17 heavy (non-hydrogen) atoms. The van der Waals surface area contributed by atoms with Crippen molar-refractivity contribution in [3.05, 3.63) is 41.6 Å². The molecule has 2 rings (SSSR count). The average molecular weight is 249 g/mol. The number of aromatic nitrogens is 1. The minimum atomic E-state index is -0.104. The lowest BCUT2D eigenvalue weighted by Crippen LogP contribution is -2.25. The van der Waals surface area contributed by atoms with Crippen LogP contribution in [0.4, 0.5) is 0 Å². The number of carbonyl (C=O) groups excluding carboxylic acids is 1. The average Bonchev–Trinajstić information content (AvgIpc) is 2.34. The molecule has 1 aromatic carbocycles. The normalized spacial score (nSPS) is 10.5. The largest absolute Gasteiger partial charge is 0.351 e. The summed E-state index contributed by atoms with van der Waals surface area (Å²) in [5.41, 5.74) is 2.32. The molecule has 0 aliphatic rings. The highest BCUT2D eigenvalue weighted by atomic mass is 35.5. The summed E-state index contributed by atoms with van der Waals surface area (Å²) in [6.45, 7) is 2.35. The van der Waals surface area contributed by atoms with Gasteiger partial charge in [-0.05, 0) is 19.1 Å². The van der Waals surface area contributed by atoms with Crippen LogP contribution < -0.4 is 5.32 Å². The summed E-state index contributed by atoms with van der Waals surface area (Å²) in [6.07, 6.45) is 0. The molecule has 3 nitrogen and oxygen atoms in total. The van der Waals surface area contributed by atoms with Crippen LogP contribution in [-0.4, -0.2) is 23.3 Å². The van der Waals surface area contributed by atoms with Crippen molar-refractivity contribution in [1.82, 2.24) is 10.3 Å². The Morgan fingerprint density at radius 3 is 2.94 bits per heavy atom. The van der Waals surface area contributed by atoms with E-state index in [4.69, 9.17) is 11.6 Å². The van der Waals surface area contributed by atoms with Crippen molar-refractivity contribution in [2.24, 2.45) is 0 Å². The molecule has 0 spiro atoms. The fourth-order valence-corrected chi connectivity index (χ4v) is 1.85. The Labute approximate surface area is 105 Å². The van der Waals surface area contributed by atoms with Crippen molar-refractivity contribution >= 4 is 28.4 Å². The number of hydrogen-bond donors (Lipinski definition) is 1. The third-order valence-electron chi connectivity index (χ3n) is 2.47. The number of halogens is 1. The number of pyridine rings is 1. The molecule has 1 heterocycles. The van der Waals surface area contributed by atoms with Gasteiger partial charge in [0.1, 0.15) is 0 Å². The molecular formula is C13H13ClN2O. The van der Waals surface area contributed by atoms with E-state index in [9.17, 15) is 4.79 Å². The third-order valence-corrected chi connectivity index (χ3v) is 2.66. The Bertz CT molecular complexity index is 554. The molecule has 0 aliphatic heterocycles. The van der Waals surface area contributed by atoms with Crippen LogP contribution in [0.5, 0.6) is 0 Å². The van der Waals surface area contributed by atoms with Crippen LogP contribution in [0.15, 0.2) is 30.3 Å². The van der Waals surface area contributed by atoms with Crippen LogP contribution in [0, 0.1) is 6.92 Å². The molecule has 0 saturated heterocycles. The zero-order chi connectivity index (χ0) is 12.3. The number of rotatable bonds is 3. The number of alkyl halides is 1. The molecule has 0 atom stereocenters. The number of nitrogens with zero attached hydrogens (tertiary/aromatic N) is 1. The number of aryl methyl sites for hydroxylation is 1. The van der Waals surface area contributed by atoms with Gasteiger partial charge in [0.2, 0.25) is 0 Å².